The fraction of sp³-hybridized carbons (Fsp3) is 0.725. The zero-order valence-corrected chi connectivity index (χ0v) is 49.3. The van der Waals surface area contributed by atoms with Crippen molar-refractivity contribution in [1.82, 2.24) is 0 Å². The molecular formula is C69H118O6. The van der Waals surface area contributed by atoms with Crippen molar-refractivity contribution in [1.29, 1.82) is 0 Å². The van der Waals surface area contributed by atoms with Crippen LogP contribution in [0.5, 0.6) is 0 Å². The van der Waals surface area contributed by atoms with Gasteiger partial charge >= 0.3 is 17.9 Å². The van der Waals surface area contributed by atoms with E-state index in [2.05, 4.69) is 118 Å². The molecule has 75 heavy (non-hydrogen) atoms. The van der Waals surface area contributed by atoms with Crippen molar-refractivity contribution >= 4 is 17.9 Å². The highest BCUT2D eigenvalue weighted by Crippen LogP contribution is 2.16. The Hall–Kier alpha value is -3.67. The minimum Gasteiger partial charge on any atom is -0.462 e. The second-order valence-electron chi connectivity index (χ2n) is 21.0. The Morgan fingerprint density at radius 3 is 0.813 bits per heavy atom. The average Bonchev–Trinajstić information content (AvgIpc) is 3.41. The highest BCUT2D eigenvalue weighted by molar-refractivity contribution is 5.71. The van der Waals surface area contributed by atoms with E-state index in [9.17, 15) is 14.4 Å². The van der Waals surface area contributed by atoms with Crippen molar-refractivity contribution in [2.75, 3.05) is 13.2 Å². The molecule has 0 aromatic heterocycles. The van der Waals surface area contributed by atoms with E-state index >= 15 is 0 Å². The molecule has 0 saturated heterocycles. The third-order valence-corrected chi connectivity index (χ3v) is 13.6. The van der Waals surface area contributed by atoms with E-state index in [0.717, 1.165) is 122 Å². The van der Waals surface area contributed by atoms with E-state index in [1.165, 1.54) is 141 Å². The van der Waals surface area contributed by atoms with Crippen molar-refractivity contribution in [3.8, 4) is 0 Å². The Morgan fingerprint density at radius 1 is 0.280 bits per heavy atom. The molecule has 0 bridgehead atoms. The van der Waals surface area contributed by atoms with Gasteiger partial charge in [-0.2, -0.15) is 0 Å². The number of hydrogen-bond acceptors (Lipinski definition) is 6. The summed E-state index contributed by atoms with van der Waals surface area (Å²) in [5.41, 5.74) is 0. The van der Waals surface area contributed by atoms with Crippen molar-refractivity contribution < 1.29 is 28.6 Å². The Balaban J connectivity index is 4.27. The van der Waals surface area contributed by atoms with Crippen molar-refractivity contribution in [3.05, 3.63) is 97.2 Å². The summed E-state index contributed by atoms with van der Waals surface area (Å²) < 4.78 is 16.9. The highest BCUT2D eigenvalue weighted by Gasteiger charge is 2.19. The van der Waals surface area contributed by atoms with E-state index in [4.69, 9.17) is 14.2 Å². The Bertz CT molecular complexity index is 1480. The van der Waals surface area contributed by atoms with Crippen LogP contribution in [-0.2, 0) is 28.6 Å². The molecular weight excluding hydrogens is 925 g/mol. The van der Waals surface area contributed by atoms with E-state index in [0.29, 0.717) is 19.3 Å². The van der Waals surface area contributed by atoms with E-state index in [1.807, 2.05) is 0 Å². The zero-order valence-electron chi connectivity index (χ0n) is 49.3. The second-order valence-corrected chi connectivity index (χ2v) is 21.0. The lowest BCUT2D eigenvalue weighted by Crippen LogP contribution is -2.30. The number of carbonyl (C=O) groups is 3. The maximum Gasteiger partial charge on any atom is 0.306 e. The van der Waals surface area contributed by atoms with Crippen LogP contribution in [0.3, 0.4) is 0 Å². The molecule has 0 aromatic carbocycles. The molecule has 430 valence electrons. The van der Waals surface area contributed by atoms with Gasteiger partial charge in [-0.15, -0.1) is 0 Å². The van der Waals surface area contributed by atoms with Gasteiger partial charge in [-0.3, -0.25) is 14.4 Å². The maximum absolute atomic E-state index is 12.9. The fourth-order valence-corrected chi connectivity index (χ4v) is 8.87. The van der Waals surface area contributed by atoms with Gasteiger partial charge in [0.25, 0.3) is 0 Å². The lowest BCUT2D eigenvalue weighted by molar-refractivity contribution is -0.167. The van der Waals surface area contributed by atoms with Gasteiger partial charge < -0.3 is 14.2 Å². The summed E-state index contributed by atoms with van der Waals surface area (Å²) in [6, 6.07) is 0. The van der Waals surface area contributed by atoms with Crippen LogP contribution < -0.4 is 0 Å². The molecule has 1 unspecified atom stereocenters. The lowest BCUT2D eigenvalue weighted by Gasteiger charge is -2.18. The SMILES string of the molecule is CC/C=C\C/C=C\C/C=C\C/C=C\C/C=C\C/C=C\C/C=C\C/C=C\CCCCCCCCC(=O)OCC(COC(=O)CCCCCCCCCCCCCC)OC(=O)CCCCCCCCCCCCCCCC. The van der Waals surface area contributed by atoms with Crippen LogP contribution in [0.15, 0.2) is 97.2 Å². The standard InChI is InChI=1S/C69H118O6/c1-4-7-10-13-16-19-22-25-27-28-29-30-31-32-33-34-35-36-37-38-39-40-41-42-43-45-47-50-53-56-59-62-68(71)74-65-66(64-73-67(70)61-58-55-52-49-46-24-21-18-15-12-9-6-3)75-69(72)63-60-57-54-51-48-44-26-23-20-17-14-11-8-5-2/h7,10,16,19,25,27,29-30,32-33,35-36,38-39,41-42,66H,4-6,8-9,11-15,17-18,20-24,26,28,31,34,37,40,43-65H2,1-3H3/b10-7-,19-16-,27-25-,30-29-,33-32-,36-35-,39-38-,42-41-. The van der Waals surface area contributed by atoms with Crippen molar-refractivity contribution in [2.24, 2.45) is 0 Å². The van der Waals surface area contributed by atoms with Gasteiger partial charge in [0, 0.05) is 19.3 Å². The second kappa shape index (κ2) is 62.9. The third-order valence-electron chi connectivity index (χ3n) is 13.6. The number of hydrogen-bond donors (Lipinski definition) is 0. The van der Waals surface area contributed by atoms with E-state index in [1.54, 1.807) is 0 Å². The first-order chi connectivity index (χ1) is 37.0. The Labute approximate surface area is 464 Å². The smallest absolute Gasteiger partial charge is 0.306 e. The summed E-state index contributed by atoms with van der Waals surface area (Å²) in [7, 11) is 0. The molecule has 6 heteroatoms. The summed E-state index contributed by atoms with van der Waals surface area (Å²) in [4.78, 5) is 38.2. The van der Waals surface area contributed by atoms with Crippen LogP contribution in [0.2, 0.25) is 0 Å². The molecule has 0 radical (unpaired) electrons. The van der Waals surface area contributed by atoms with Gasteiger partial charge in [0.05, 0.1) is 0 Å². The summed E-state index contributed by atoms with van der Waals surface area (Å²) in [6.07, 6.45) is 84.1. The first-order valence-corrected chi connectivity index (χ1v) is 31.7. The molecule has 6 nitrogen and oxygen atoms in total. The Morgan fingerprint density at radius 2 is 0.520 bits per heavy atom. The van der Waals surface area contributed by atoms with Gasteiger partial charge in [-0.05, 0) is 83.5 Å². The van der Waals surface area contributed by atoms with Gasteiger partial charge in [-0.1, -0.05) is 298 Å². The van der Waals surface area contributed by atoms with Crippen LogP contribution in [0.1, 0.15) is 303 Å². The summed E-state index contributed by atoms with van der Waals surface area (Å²) >= 11 is 0. The van der Waals surface area contributed by atoms with E-state index in [-0.39, 0.29) is 31.1 Å². The lowest BCUT2D eigenvalue weighted by atomic mass is 10.0. The molecule has 0 aliphatic carbocycles. The predicted octanol–water partition coefficient (Wildman–Crippen LogP) is 21.7. The molecule has 0 aliphatic rings. The van der Waals surface area contributed by atoms with Crippen LogP contribution >= 0.6 is 0 Å². The first-order valence-electron chi connectivity index (χ1n) is 31.7. The normalized spacial score (nSPS) is 12.7. The molecule has 0 fully saturated rings. The molecule has 0 aliphatic heterocycles. The maximum atomic E-state index is 12.9. The van der Waals surface area contributed by atoms with Gasteiger partial charge in [-0.25, -0.2) is 0 Å². The monoisotopic (exact) mass is 1040 g/mol. The topological polar surface area (TPSA) is 78.9 Å². The molecule has 0 amide bonds. The Kier molecular flexibility index (Phi) is 59.8. The predicted molar refractivity (Wildman–Crippen MR) is 325 cm³/mol. The molecule has 0 N–H and O–H groups in total. The summed E-state index contributed by atoms with van der Waals surface area (Å²) in [6.45, 7) is 6.53. The molecule has 0 rings (SSSR count). The van der Waals surface area contributed by atoms with Crippen molar-refractivity contribution in [2.45, 2.75) is 309 Å². The number of allylic oxidation sites excluding steroid dienone is 16. The van der Waals surface area contributed by atoms with Crippen LogP contribution in [0.4, 0.5) is 0 Å². The zero-order chi connectivity index (χ0) is 54.3. The number of rotatable bonds is 57. The number of ether oxygens (including phenoxy) is 3. The summed E-state index contributed by atoms with van der Waals surface area (Å²) in [5.74, 6) is -0.882. The largest absolute Gasteiger partial charge is 0.462 e. The molecule has 0 spiro atoms. The first kappa shape index (κ1) is 71.3. The molecule has 1 atom stereocenters. The highest BCUT2D eigenvalue weighted by atomic mass is 16.6. The average molecular weight is 1040 g/mol. The van der Waals surface area contributed by atoms with Crippen molar-refractivity contribution in [3.63, 3.8) is 0 Å². The number of unbranched alkanes of at least 4 members (excludes halogenated alkanes) is 30. The van der Waals surface area contributed by atoms with Gasteiger partial charge in [0.2, 0.25) is 0 Å². The van der Waals surface area contributed by atoms with Crippen LogP contribution in [-0.4, -0.2) is 37.2 Å². The minimum atomic E-state index is -0.780. The summed E-state index contributed by atoms with van der Waals surface area (Å²) in [5, 5.41) is 0. The fourth-order valence-electron chi connectivity index (χ4n) is 8.87. The number of carbonyl (C=O) groups excluding carboxylic acids is 3. The molecule has 0 heterocycles. The van der Waals surface area contributed by atoms with Crippen LogP contribution in [0.25, 0.3) is 0 Å². The molecule has 0 saturated carbocycles. The quantitative estimate of drug-likeness (QED) is 0.0261. The minimum absolute atomic E-state index is 0.0776. The molecule has 0 aromatic rings. The van der Waals surface area contributed by atoms with Gasteiger partial charge in [0.1, 0.15) is 13.2 Å². The third kappa shape index (κ3) is 61.1. The van der Waals surface area contributed by atoms with Crippen LogP contribution in [0, 0.1) is 0 Å². The van der Waals surface area contributed by atoms with E-state index < -0.39 is 6.10 Å². The van der Waals surface area contributed by atoms with Gasteiger partial charge in [0.15, 0.2) is 6.10 Å². The number of esters is 3.